The van der Waals surface area contributed by atoms with E-state index in [1.54, 1.807) is 26.2 Å². The molecule has 0 atom stereocenters. The van der Waals surface area contributed by atoms with E-state index in [9.17, 15) is 9.90 Å². The Morgan fingerprint density at radius 3 is 2.76 bits per heavy atom. The fourth-order valence-electron chi connectivity index (χ4n) is 2.92. The van der Waals surface area contributed by atoms with Crippen LogP contribution in [0.25, 0.3) is 11.0 Å². The second-order valence-electron chi connectivity index (χ2n) is 5.92. The van der Waals surface area contributed by atoms with E-state index in [0.29, 0.717) is 17.7 Å². The van der Waals surface area contributed by atoms with E-state index in [4.69, 9.17) is 9.15 Å². The van der Waals surface area contributed by atoms with Crippen LogP contribution < -0.4 is 15.7 Å². The molecule has 0 unspecified atom stereocenters. The summed E-state index contributed by atoms with van der Waals surface area (Å²) in [5, 5.41) is 14.0. The van der Waals surface area contributed by atoms with Crippen LogP contribution in [0.4, 0.5) is 0 Å². The number of methoxy groups -OCH3 is 1. The number of phenols is 1. The Bertz CT molecular complexity index is 946. The van der Waals surface area contributed by atoms with Gasteiger partial charge in [-0.25, -0.2) is 4.79 Å². The summed E-state index contributed by atoms with van der Waals surface area (Å²) in [6, 6.07) is 12.8. The van der Waals surface area contributed by atoms with Crippen molar-refractivity contribution >= 4 is 11.0 Å². The summed E-state index contributed by atoms with van der Waals surface area (Å²) in [5.41, 5.74) is 2.59. The summed E-state index contributed by atoms with van der Waals surface area (Å²) >= 11 is 0. The molecule has 0 saturated carbocycles. The highest BCUT2D eigenvalue weighted by atomic mass is 16.5. The molecule has 0 fully saturated rings. The first-order valence-electron chi connectivity index (χ1n) is 8.18. The van der Waals surface area contributed by atoms with Crippen molar-refractivity contribution in [2.75, 3.05) is 13.7 Å². The number of aryl methyl sites for hydroxylation is 1. The number of fused-ring (bicyclic) bond motifs is 1. The second kappa shape index (κ2) is 7.40. The molecule has 0 spiro atoms. The zero-order valence-electron chi connectivity index (χ0n) is 14.3. The highest BCUT2D eigenvalue weighted by molar-refractivity contribution is 5.84. The first-order chi connectivity index (χ1) is 12.1. The van der Waals surface area contributed by atoms with Gasteiger partial charge in [0.1, 0.15) is 17.1 Å². The molecule has 1 heterocycles. The minimum atomic E-state index is -0.414. The van der Waals surface area contributed by atoms with E-state index in [0.717, 1.165) is 35.2 Å². The molecule has 130 valence electrons. The predicted octanol–water partition coefficient (Wildman–Crippen LogP) is 3.15. The van der Waals surface area contributed by atoms with E-state index in [-0.39, 0.29) is 5.75 Å². The first kappa shape index (κ1) is 17.0. The van der Waals surface area contributed by atoms with Gasteiger partial charge in [0.15, 0.2) is 0 Å². The molecule has 2 N–H and O–H groups in total. The maximum Gasteiger partial charge on any atom is 0.336 e. The van der Waals surface area contributed by atoms with Crippen molar-refractivity contribution in [1.29, 1.82) is 0 Å². The van der Waals surface area contributed by atoms with Crippen LogP contribution in [0.15, 0.2) is 51.7 Å². The normalized spacial score (nSPS) is 11.0. The van der Waals surface area contributed by atoms with Gasteiger partial charge >= 0.3 is 5.63 Å². The topological polar surface area (TPSA) is 71.7 Å². The average Bonchev–Trinajstić information content (AvgIpc) is 2.62. The van der Waals surface area contributed by atoms with E-state index < -0.39 is 5.63 Å². The molecular formula is C20H21NO4. The predicted molar refractivity (Wildman–Crippen MR) is 97.3 cm³/mol. The van der Waals surface area contributed by atoms with Crippen molar-refractivity contribution < 1.29 is 14.3 Å². The Labute approximate surface area is 145 Å². The SMILES string of the molecule is COc1ccccc1CCNCc1cc(=O)oc2c(C)c(O)ccc12. The average molecular weight is 339 g/mol. The van der Waals surface area contributed by atoms with E-state index >= 15 is 0 Å². The zero-order valence-corrected chi connectivity index (χ0v) is 14.3. The van der Waals surface area contributed by atoms with Crippen LogP contribution in [0.3, 0.4) is 0 Å². The van der Waals surface area contributed by atoms with Gasteiger partial charge in [0.25, 0.3) is 0 Å². The summed E-state index contributed by atoms with van der Waals surface area (Å²) < 4.78 is 10.6. The van der Waals surface area contributed by atoms with Crippen molar-refractivity contribution in [3.63, 3.8) is 0 Å². The number of para-hydroxylation sites is 1. The third kappa shape index (κ3) is 3.67. The molecule has 0 bridgehead atoms. The standard InChI is InChI=1S/C20H21NO4/c1-13-17(22)8-7-16-15(11-19(23)25-20(13)16)12-21-10-9-14-5-3-4-6-18(14)24-2/h3-8,11,21-22H,9-10,12H2,1-2H3. The molecule has 2 aromatic carbocycles. The Morgan fingerprint density at radius 2 is 1.96 bits per heavy atom. The quantitative estimate of drug-likeness (QED) is 0.533. The van der Waals surface area contributed by atoms with Crippen molar-refractivity contribution in [3.8, 4) is 11.5 Å². The van der Waals surface area contributed by atoms with Gasteiger partial charge in [0, 0.05) is 23.6 Å². The minimum Gasteiger partial charge on any atom is -0.508 e. The largest absolute Gasteiger partial charge is 0.508 e. The third-order valence-electron chi connectivity index (χ3n) is 4.30. The first-order valence-corrected chi connectivity index (χ1v) is 8.18. The van der Waals surface area contributed by atoms with Gasteiger partial charge in [0.05, 0.1) is 7.11 Å². The highest BCUT2D eigenvalue weighted by Gasteiger charge is 2.10. The molecule has 0 aliphatic heterocycles. The van der Waals surface area contributed by atoms with Gasteiger partial charge in [-0.15, -0.1) is 0 Å². The number of rotatable bonds is 6. The molecule has 0 amide bonds. The van der Waals surface area contributed by atoms with Gasteiger partial charge in [-0.05, 0) is 49.2 Å². The molecular weight excluding hydrogens is 318 g/mol. The molecule has 0 aliphatic carbocycles. The van der Waals surface area contributed by atoms with Crippen molar-refractivity contribution in [2.45, 2.75) is 19.9 Å². The summed E-state index contributed by atoms with van der Waals surface area (Å²) in [5.74, 6) is 0.998. The molecule has 0 aliphatic rings. The maximum atomic E-state index is 11.8. The van der Waals surface area contributed by atoms with E-state index in [1.165, 1.54) is 6.07 Å². The molecule has 0 radical (unpaired) electrons. The van der Waals surface area contributed by atoms with Crippen LogP contribution in [0.2, 0.25) is 0 Å². The van der Waals surface area contributed by atoms with Crippen LogP contribution in [0.1, 0.15) is 16.7 Å². The smallest absolute Gasteiger partial charge is 0.336 e. The fraction of sp³-hybridized carbons (Fsp3) is 0.250. The van der Waals surface area contributed by atoms with Crippen LogP contribution >= 0.6 is 0 Å². The van der Waals surface area contributed by atoms with Crippen LogP contribution in [-0.4, -0.2) is 18.8 Å². The van der Waals surface area contributed by atoms with Crippen LogP contribution in [0.5, 0.6) is 11.5 Å². The molecule has 25 heavy (non-hydrogen) atoms. The number of hydrogen-bond donors (Lipinski definition) is 2. The number of benzene rings is 2. The van der Waals surface area contributed by atoms with Gasteiger partial charge < -0.3 is 19.6 Å². The lowest BCUT2D eigenvalue weighted by molar-refractivity contribution is 0.409. The van der Waals surface area contributed by atoms with Gasteiger partial charge in [0.2, 0.25) is 0 Å². The monoisotopic (exact) mass is 339 g/mol. The van der Waals surface area contributed by atoms with Crippen molar-refractivity contribution in [1.82, 2.24) is 5.32 Å². The molecule has 5 nitrogen and oxygen atoms in total. The Hall–Kier alpha value is -2.79. The summed E-state index contributed by atoms with van der Waals surface area (Å²) in [4.78, 5) is 11.8. The van der Waals surface area contributed by atoms with Gasteiger partial charge in [-0.2, -0.15) is 0 Å². The minimum absolute atomic E-state index is 0.122. The maximum absolute atomic E-state index is 11.8. The molecule has 3 aromatic rings. The second-order valence-corrected chi connectivity index (χ2v) is 5.92. The highest BCUT2D eigenvalue weighted by Crippen LogP contribution is 2.27. The van der Waals surface area contributed by atoms with Crippen LogP contribution in [0, 0.1) is 6.92 Å². The zero-order chi connectivity index (χ0) is 17.8. The Balaban J connectivity index is 1.73. The Morgan fingerprint density at radius 1 is 1.16 bits per heavy atom. The van der Waals surface area contributed by atoms with E-state index in [2.05, 4.69) is 5.32 Å². The molecule has 1 aromatic heterocycles. The molecule has 5 heteroatoms. The lowest BCUT2D eigenvalue weighted by Gasteiger charge is -2.11. The summed E-state index contributed by atoms with van der Waals surface area (Å²) in [7, 11) is 1.67. The number of nitrogens with one attached hydrogen (secondary N) is 1. The lowest BCUT2D eigenvalue weighted by atomic mass is 10.1. The fourth-order valence-corrected chi connectivity index (χ4v) is 2.92. The summed E-state index contributed by atoms with van der Waals surface area (Å²) in [6.45, 7) is 3.03. The van der Waals surface area contributed by atoms with Crippen LogP contribution in [-0.2, 0) is 13.0 Å². The Kier molecular flexibility index (Phi) is 5.05. The van der Waals surface area contributed by atoms with E-state index in [1.807, 2.05) is 24.3 Å². The number of phenolic OH excluding ortho intramolecular Hbond substituents is 1. The van der Waals surface area contributed by atoms with Crippen molar-refractivity contribution in [2.24, 2.45) is 0 Å². The molecule has 0 saturated heterocycles. The van der Waals surface area contributed by atoms with Gasteiger partial charge in [-0.1, -0.05) is 18.2 Å². The number of ether oxygens (including phenoxy) is 1. The third-order valence-corrected chi connectivity index (χ3v) is 4.30. The van der Waals surface area contributed by atoms with Gasteiger partial charge in [-0.3, -0.25) is 0 Å². The lowest BCUT2D eigenvalue weighted by Crippen LogP contribution is -2.18. The number of aromatic hydroxyl groups is 1. The van der Waals surface area contributed by atoms with Crippen molar-refractivity contribution in [3.05, 3.63) is 69.6 Å². The summed E-state index contributed by atoms with van der Waals surface area (Å²) in [6.07, 6.45) is 0.823. The molecule has 3 rings (SSSR count). The number of hydrogen-bond acceptors (Lipinski definition) is 5.